The number of carbonyl (C=O) groups is 4. The number of anilines is 2. The summed E-state index contributed by atoms with van der Waals surface area (Å²) in [6.07, 6.45) is 10.8. The van der Waals surface area contributed by atoms with Gasteiger partial charge in [-0.25, -0.2) is 9.64 Å². The van der Waals surface area contributed by atoms with Gasteiger partial charge in [-0.15, -0.1) is 0 Å². The van der Waals surface area contributed by atoms with Crippen LogP contribution in [0.2, 0.25) is 0 Å². The van der Waals surface area contributed by atoms with Crippen molar-refractivity contribution < 1.29 is 28.7 Å². The number of esters is 2. The first-order valence-corrected chi connectivity index (χ1v) is 17.5. The van der Waals surface area contributed by atoms with Gasteiger partial charge in [-0.3, -0.25) is 14.4 Å². The molecule has 0 spiro atoms. The Morgan fingerprint density at radius 2 is 1.18 bits per heavy atom. The molecule has 0 aliphatic carbocycles. The first kappa shape index (κ1) is 41.0. The van der Waals surface area contributed by atoms with E-state index in [4.69, 9.17) is 16.0 Å². The van der Waals surface area contributed by atoms with Crippen molar-refractivity contribution in [2.45, 2.75) is 91.9 Å². The Labute approximate surface area is 296 Å². The third kappa shape index (κ3) is 15.3. The van der Waals surface area contributed by atoms with Crippen molar-refractivity contribution in [3.05, 3.63) is 82.3 Å². The predicted molar refractivity (Wildman–Crippen MR) is 196 cm³/mol. The van der Waals surface area contributed by atoms with Crippen molar-refractivity contribution in [2.24, 2.45) is 11.8 Å². The lowest BCUT2D eigenvalue weighted by molar-refractivity contribution is -0.140. The molecule has 0 heterocycles. The molecule has 2 aromatic rings. The molecule has 2 aromatic carbocycles. The van der Waals surface area contributed by atoms with Crippen LogP contribution in [0.4, 0.5) is 11.4 Å². The number of carbonyl (C=O) groups excluding carboxylic acids is 4. The van der Waals surface area contributed by atoms with E-state index in [1.165, 1.54) is 12.2 Å². The molecule has 10 nitrogen and oxygen atoms in total. The van der Waals surface area contributed by atoms with Gasteiger partial charge >= 0.3 is 11.9 Å². The average molecular weight is 683 g/mol. The van der Waals surface area contributed by atoms with Gasteiger partial charge < -0.3 is 20.1 Å². The van der Waals surface area contributed by atoms with Crippen molar-refractivity contribution in [3.8, 4) is 6.07 Å². The average Bonchev–Trinajstić information content (AvgIpc) is 3.13. The highest BCUT2D eigenvalue weighted by molar-refractivity contribution is 5.99. The van der Waals surface area contributed by atoms with Gasteiger partial charge in [-0.05, 0) is 72.2 Å². The maximum atomic E-state index is 12.5. The molecule has 2 rings (SSSR count). The van der Waals surface area contributed by atoms with Crippen LogP contribution in [0.5, 0.6) is 0 Å². The molecular formula is C40H50N4O6. The monoisotopic (exact) mass is 682 g/mol. The molecule has 50 heavy (non-hydrogen) atoms. The number of hydrogen-bond acceptors (Lipinski definition) is 7. The number of amides is 2. The molecule has 0 fully saturated rings. The summed E-state index contributed by atoms with van der Waals surface area (Å²) in [4.78, 5) is 53.2. The third-order valence-corrected chi connectivity index (χ3v) is 8.24. The fourth-order valence-corrected chi connectivity index (χ4v) is 4.93. The number of unbranched alkanes of at least 4 members (excludes halogenated alkanes) is 2. The number of hydrogen-bond donors (Lipinski definition) is 2. The lowest BCUT2D eigenvalue weighted by Crippen LogP contribution is -2.17. The molecule has 2 N–H and O–H groups in total. The van der Waals surface area contributed by atoms with E-state index in [-0.39, 0.29) is 61.0 Å². The Bertz CT molecular complexity index is 1430. The SMILES string of the molecule is [C-]#[N+]C(=Cc1ccc(NC(=O)CCC(=O)Nc2ccc(C=C(C#N)C(=O)OCC(CC)CCCC)cc2)cc1)C(=O)OCC(CC)CCCC. The zero-order valence-electron chi connectivity index (χ0n) is 29.8. The second kappa shape index (κ2) is 23.2. The quantitative estimate of drug-likeness (QED) is 0.0581. The molecule has 2 atom stereocenters. The van der Waals surface area contributed by atoms with Gasteiger partial charge in [0.05, 0.1) is 19.8 Å². The highest BCUT2D eigenvalue weighted by Crippen LogP contribution is 2.19. The summed E-state index contributed by atoms with van der Waals surface area (Å²) in [6.45, 7) is 16.3. The van der Waals surface area contributed by atoms with Crippen molar-refractivity contribution in [1.29, 1.82) is 5.26 Å². The molecule has 0 radical (unpaired) electrons. The molecule has 266 valence electrons. The maximum Gasteiger partial charge on any atom is 0.348 e. The predicted octanol–water partition coefficient (Wildman–Crippen LogP) is 8.73. The number of rotatable bonds is 21. The summed E-state index contributed by atoms with van der Waals surface area (Å²) in [5.41, 5.74) is 2.00. The summed E-state index contributed by atoms with van der Waals surface area (Å²) in [5, 5.41) is 15.0. The molecule has 0 saturated heterocycles. The molecule has 0 aromatic heterocycles. The summed E-state index contributed by atoms with van der Waals surface area (Å²) in [5.74, 6) is -1.47. The molecule has 0 saturated carbocycles. The second-order valence-electron chi connectivity index (χ2n) is 12.2. The number of nitrogens with zero attached hydrogens (tertiary/aromatic N) is 2. The summed E-state index contributed by atoms with van der Waals surface area (Å²) >= 11 is 0. The summed E-state index contributed by atoms with van der Waals surface area (Å²) in [7, 11) is 0. The van der Waals surface area contributed by atoms with Gasteiger partial charge in [0.15, 0.2) is 0 Å². The van der Waals surface area contributed by atoms with Crippen LogP contribution in [0.3, 0.4) is 0 Å². The maximum absolute atomic E-state index is 12.5. The molecular weight excluding hydrogens is 632 g/mol. The Morgan fingerprint density at radius 3 is 1.58 bits per heavy atom. The normalized spacial score (nSPS) is 12.5. The highest BCUT2D eigenvalue weighted by atomic mass is 16.5. The Balaban J connectivity index is 1.84. The topological polar surface area (TPSA) is 139 Å². The van der Waals surface area contributed by atoms with Crippen LogP contribution in [-0.2, 0) is 28.7 Å². The molecule has 10 heteroatoms. The zero-order valence-corrected chi connectivity index (χ0v) is 29.8. The molecule has 2 unspecified atom stereocenters. The van der Waals surface area contributed by atoms with Crippen LogP contribution in [0, 0.1) is 29.7 Å². The minimum Gasteiger partial charge on any atom is -0.470 e. The number of nitrogens with one attached hydrogen (secondary N) is 2. The summed E-state index contributed by atoms with van der Waals surface area (Å²) < 4.78 is 10.8. The van der Waals surface area contributed by atoms with Crippen molar-refractivity contribution in [3.63, 3.8) is 0 Å². The summed E-state index contributed by atoms with van der Waals surface area (Å²) in [6, 6.07) is 15.2. The second-order valence-corrected chi connectivity index (χ2v) is 12.2. The van der Waals surface area contributed by atoms with Crippen LogP contribution in [0.15, 0.2) is 59.8 Å². The third-order valence-electron chi connectivity index (χ3n) is 8.24. The van der Waals surface area contributed by atoms with Crippen LogP contribution in [0.25, 0.3) is 17.0 Å². The van der Waals surface area contributed by atoms with Gasteiger partial charge in [0.2, 0.25) is 11.8 Å². The number of ether oxygens (including phenoxy) is 2. The smallest absolute Gasteiger partial charge is 0.348 e. The van der Waals surface area contributed by atoms with Crippen molar-refractivity contribution in [1.82, 2.24) is 0 Å². The lowest BCUT2D eigenvalue weighted by Gasteiger charge is -2.14. The van der Waals surface area contributed by atoms with E-state index in [0.29, 0.717) is 22.5 Å². The lowest BCUT2D eigenvalue weighted by atomic mass is 10.0. The minimum atomic E-state index is -0.657. The van der Waals surface area contributed by atoms with Crippen LogP contribution in [-0.4, -0.2) is 37.0 Å². The van der Waals surface area contributed by atoms with Gasteiger partial charge in [-0.2, -0.15) is 5.26 Å². The number of nitriles is 1. The fourth-order valence-electron chi connectivity index (χ4n) is 4.93. The first-order valence-electron chi connectivity index (χ1n) is 17.5. The van der Waals surface area contributed by atoms with E-state index in [2.05, 4.69) is 43.2 Å². The van der Waals surface area contributed by atoms with Gasteiger partial charge in [0.25, 0.3) is 5.70 Å². The zero-order chi connectivity index (χ0) is 36.7. The van der Waals surface area contributed by atoms with E-state index >= 15 is 0 Å². The fraction of sp³-hybridized carbons (Fsp3) is 0.450. The Hall–Kier alpha value is -5.22. The molecule has 2 amide bonds. The standard InChI is InChI=1S/C40H50N4O6/c1-6-10-12-29(8-3)27-49-39(47)33(26-41)24-31-14-18-34(19-15-31)43-37(45)22-23-38(46)44-35-20-16-32(17-21-35)25-36(42-5)40(48)50-28-30(9-4)13-11-7-2/h14-21,24-25,29-30H,6-13,22-23,27-28H2,1-4H3,(H,43,45)(H,44,46). The van der Waals surface area contributed by atoms with Gasteiger partial charge in [0.1, 0.15) is 11.6 Å². The van der Waals surface area contributed by atoms with E-state index in [1.54, 1.807) is 48.5 Å². The van der Waals surface area contributed by atoms with Crippen LogP contribution >= 0.6 is 0 Å². The first-order chi connectivity index (χ1) is 24.1. The van der Waals surface area contributed by atoms with E-state index in [9.17, 15) is 24.4 Å². The Kier molecular flexibility index (Phi) is 19.0. The molecule has 0 aliphatic heterocycles. The minimum absolute atomic E-state index is 0.0516. The van der Waals surface area contributed by atoms with Gasteiger partial charge in [0, 0.05) is 24.2 Å². The highest BCUT2D eigenvalue weighted by Gasteiger charge is 2.16. The van der Waals surface area contributed by atoms with E-state index in [0.717, 1.165) is 51.4 Å². The Morgan fingerprint density at radius 1 is 0.740 bits per heavy atom. The van der Waals surface area contributed by atoms with Crippen molar-refractivity contribution >= 4 is 47.3 Å². The number of benzene rings is 2. The van der Waals surface area contributed by atoms with E-state index in [1.807, 2.05) is 6.07 Å². The largest absolute Gasteiger partial charge is 0.470 e. The van der Waals surface area contributed by atoms with Crippen LogP contribution in [0.1, 0.15) is 103 Å². The van der Waals surface area contributed by atoms with Gasteiger partial charge in [-0.1, -0.05) is 90.5 Å². The molecule has 0 bridgehead atoms. The van der Waals surface area contributed by atoms with E-state index < -0.39 is 11.9 Å². The van der Waals surface area contributed by atoms with Crippen molar-refractivity contribution in [2.75, 3.05) is 23.8 Å². The molecule has 0 aliphatic rings. The van der Waals surface area contributed by atoms with Crippen LogP contribution < -0.4 is 10.6 Å².